The number of sulfonamides is 1. The standard InChI is InChI=1S/C23H33N3O4S/c1-16(2)20-21-19(26(23(20)28)31(3,29)30)10-13-25(21)22(27)18-9-7-8-17(14-18)15-24-11-5-4-6-12-24/h7-9,14,16,19-21H,4-6,10-13,15H2,1-3H3/t19-,20+,21-/m0/s1. The van der Waals surface area contributed by atoms with Crippen LogP contribution in [0.2, 0.25) is 0 Å². The zero-order valence-corrected chi connectivity index (χ0v) is 19.5. The van der Waals surface area contributed by atoms with Gasteiger partial charge in [-0.25, -0.2) is 12.7 Å². The molecule has 7 nitrogen and oxygen atoms in total. The molecule has 3 atom stereocenters. The Balaban J connectivity index is 1.58. The van der Waals surface area contributed by atoms with Crippen molar-refractivity contribution in [3.8, 4) is 0 Å². The van der Waals surface area contributed by atoms with Crippen LogP contribution in [0.4, 0.5) is 0 Å². The summed E-state index contributed by atoms with van der Waals surface area (Å²) in [6.45, 7) is 7.33. The van der Waals surface area contributed by atoms with Gasteiger partial charge in [-0.1, -0.05) is 32.4 Å². The minimum atomic E-state index is -3.67. The van der Waals surface area contributed by atoms with E-state index in [2.05, 4.69) is 11.0 Å². The molecule has 3 fully saturated rings. The van der Waals surface area contributed by atoms with Crippen molar-refractivity contribution in [3.63, 3.8) is 0 Å². The number of hydrogen-bond acceptors (Lipinski definition) is 5. The molecule has 0 saturated carbocycles. The van der Waals surface area contributed by atoms with Crippen molar-refractivity contribution in [1.29, 1.82) is 0 Å². The molecule has 3 saturated heterocycles. The number of nitrogens with zero attached hydrogens (tertiary/aromatic N) is 3. The van der Waals surface area contributed by atoms with E-state index in [1.165, 1.54) is 19.3 Å². The summed E-state index contributed by atoms with van der Waals surface area (Å²) in [5.41, 5.74) is 1.73. The van der Waals surface area contributed by atoms with E-state index >= 15 is 0 Å². The van der Waals surface area contributed by atoms with Crippen molar-refractivity contribution in [2.24, 2.45) is 11.8 Å². The van der Waals surface area contributed by atoms with Crippen molar-refractivity contribution >= 4 is 21.8 Å². The van der Waals surface area contributed by atoms with E-state index in [-0.39, 0.29) is 17.7 Å². The number of carbonyl (C=O) groups excluding carboxylic acids is 2. The number of benzene rings is 1. The topological polar surface area (TPSA) is 78.0 Å². The monoisotopic (exact) mass is 447 g/mol. The summed E-state index contributed by atoms with van der Waals surface area (Å²) in [7, 11) is -3.67. The van der Waals surface area contributed by atoms with Crippen LogP contribution < -0.4 is 0 Å². The van der Waals surface area contributed by atoms with Crippen LogP contribution in [0.1, 0.15) is 55.5 Å². The summed E-state index contributed by atoms with van der Waals surface area (Å²) in [5, 5.41) is 0. The quantitative estimate of drug-likeness (QED) is 0.692. The van der Waals surface area contributed by atoms with Crippen LogP contribution in [0.15, 0.2) is 24.3 Å². The lowest BCUT2D eigenvalue weighted by Gasteiger charge is -2.29. The first-order valence-corrected chi connectivity index (χ1v) is 13.2. The Morgan fingerprint density at radius 3 is 2.48 bits per heavy atom. The lowest BCUT2D eigenvalue weighted by molar-refractivity contribution is -0.129. The van der Waals surface area contributed by atoms with Gasteiger partial charge in [0.15, 0.2) is 0 Å². The minimum Gasteiger partial charge on any atom is -0.333 e. The highest BCUT2D eigenvalue weighted by molar-refractivity contribution is 7.88. The van der Waals surface area contributed by atoms with Crippen LogP contribution in [0.25, 0.3) is 0 Å². The lowest BCUT2D eigenvalue weighted by atomic mass is 9.88. The molecule has 0 radical (unpaired) electrons. The van der Waals surface area contributed by atoms with Crippen molar-refractivity contribution in [2.75, 3.05) is 25.9 Å². The fraction of sp³-hybridized carbons (Fsp3) is 0.652. The first kappa shape index (κ1) is 22.3. The molecule has 0 aliphatic carbocycles. The third kappa shape index (κ3) is 4.24. The Bertz CT molecular complexity index is 955. The van der Waals surface area contributed by atoms with Crippen LogP contribution in [0.3, 0.4) is 0 Å². The average molecular weight is 448 g/mol. The molecule has 1 aromatic rings. The second kappa shape index (κ2) is 8.54. The summed E-state index contributed by atoms with van der Waals surface area (Å²) in [4.78, 5) is 30.7. The third-order valence-electron chi connectivity index (χ3n) is 6.96. The lowest BCUT2D eigenvalue weighted by Crippen LogP contribution is -2.44. The molecule has 1 aromatic carbocycles. The Hall–Kier alpha value is -1.93. The maximum absolute atomic E-state index is 13.5. The van der Waals surface area contributed by atoms with Gasteiger partial charge >= 0.3 is 0 Å². The maximum atomic E-state index is 13.5. The van der Waals surface area contributed by atoms with Gasteiger partial charge in [0, 0.05) is 18.7 Å². The fourth-order valence-electron chi connectivity index (χ4n) is 5.61. The molecule has 170 valence electrons. The summed E-state index contributed by atoms with van der Waals surface area (Å²) < 4.78 is 25.7. The van der Waals surface area contributed by atoms with Gasteiger partial charge in [-0.3, -0.25) is 14.5 Å². The van der Waals surface area contributed by atoms with Crippen molar-refractivity contribution in [3.05, 3.63) is 35.4 Å². The molecule has 3 aliphatic heterocycles. The molecular formula is C23H33N3O4S. The largest absolute Gasteiger partial charge is 0.333 e. The average Bonchev–Trinajstić information content (AvgIpc) is 3.24. The number of amides is 2. The van der Waals surface area contributed by atoms with Gasteiger partial charge in [0.2, 0.25) is 15.9 Å². The second-order valence-corrected chi connectivity index (χ2v) is 11.4. The molecule has 4 rings (SSSR count). The third-order valence-corrected chi connectivity index (χ3v) is 8.12. The summed E-state index contributed by atoms with van der Waals surface area (Å²) in [6.07, 6.45) is 5.30. The summed E-state index contributed by atoms with van der Waals surface area (Å²) >= 11 is 0. The van der Waals surface area contributed by atoms with Gasteiger partial charge in [0.05, 0.1) is 24.3 Å². The maximum Gasteiger partial charge on any atom is 0.254 e. The Morgan fingerprint density at radius 2 is 1.84 bits per heavy atom. The molecule has 31 heavy (non-hydrogen) atoms. The molecular weight excluding hydrogens is 414 g/mol. The van der Waals surface area contributed by atoms with Crippen molar-refractivity contribution < 1.29 is 18.0 Å². The zero-order chi connectivity index (χ0) is 22.3. The Kier molecular flexibility index (Phi) is 6.14. The molecule has 3 aliphatic rings. The summed E-state index contributed by atoms with van der Waals surface area (Å²) in [5.74, 6) is -1.03. The Morgan fingerprint density at radius 1 is 1.13 bits per heavy atom. The fourth-order valence-corrected chi connectivity index (χ4v) is 6.79. The highest BCUT2D eigenvalue weighted by Gasteiger charge is 2.58. The predicted molar refractivity (Wildman–Crippen MR) is 119 cm³/mol. The van der Waals surface area contributed by atoms with Crippen LogP contribution in [0, 0.1) is 11.8 Å². The number of piperidine rings is 1. The Labute approximate surface area is 185 Å². The van der Waals surface area contributed by atoms with Crippen LogP contribution in [-0.4, -0.2) is 72.3 Å². The summed E-state index contributed by atoms with van der Waals surface area (Å²) in [6, 6.07) is 6.89. The van der Waals surface area contributed by atoms with Crippen LogP contribution >= 0.6 is 0 Å². The molecule has 0 N–H and O–H groups in total. The molecule has 0 aromatic heterocycles. The smallest absolute Gasteiger partial charge is 0.254 e. The second-order valence-electron chi connectivity index (χ2n) is 9.55. The highest BCUT2D eigenvalue weighted by atomic mass is 32.2. The minimum absolute atomic E-state index is 0.0504. The van der Waals surface area contributed by atoms with E-state index in [1.54, 1.807) is 4.90 Å². The van der Waals surface area contributed by atoms with E-state index in [0.717, 1.165) is 35.8 Å². The highest BCUT2D eigenvalue weighted by Crippen LogP contribution is 2.41. The first-order chi connectivity index (χ1) is 14.7. The predicted octanol–water partition coefficient (Wildman–Crippen LogP) is 2.33. The molecule has 3 heterocycles. The zero-order valence-electron chi connectivity index (χ0n) is 18.7. The van der Waals surface area contributed by atoms with Crippen molar-refractivity contribution in [2.45, 2.75) is 58.2 Å². The van der Waals surface area contributed by atoms with E-state index in [1.807, 2.05) is 32.0 Å². The van der Waals surface area contributed by atoms with Gasteiger partial charge in [-0.05, 0) is 56.0 Å². The van der Waals surface area contributed by atoms with E-state index < -0.39 is 28.0 Å². The first-order valence-electron chi connectivity index (χ1n) is 11.3. The molecule has 2 amide bonds. The van der Waals surface area contributed by atoms with E-state index in [0.29, 0.717) is 18.5 Å². The molecule has 0 bridgehead atoms. The molecule has 8 heteroatoms. The van der Waals surface area contributed by atoms with Gasteiger partial charge in [0.25, 0.3) is 5.91 Å². The van der Waals surface area contributed by atoms with E-state index in [9.17, 15) is 18.0 Å². The number of rotatable bonds is 5. The van der Waals surface area contributed by atoms with Crippen LogP contribution in [-0.2, 0) is 21.4 Å². The van der Waals surface area contributed by atoms with Gasteiger partial charge in [-0.15, -0.1) is 0 Å². The van der Waals surface area contributed by atoms with Crippen molar-refractivity contribution in [1.82, 2.24) is 14.1 Å². The number of hydrogen-bond donors (Lipinski definition) is 0. The number of likely N-dealkylation sites (tertiary alicyclic amines) is 2. The normalized spacial score (nSPS) is 27.2. The molecule has 0 unspecified atom stereocenters. The van der Waals surface area contributed by atoms with E-state index in [4.69, 9.17) is 0 Å². The van der Waals surface area contributed by atoms with Crippen LogP contribution in [0.5, 0.6) is 0 Å². The van der Waals surface area contributed by atoms with Gasteiger partial charge in [0.1, 0.15) is 0 Å². The van der Waals surface area contributed by atoms with Gasteiger partial charge in [-0.2, -0.15) is 0 Å². The number of fused-ring (bicyclic) bond motifs is 1. The number of carbonyl (C=O) groups is 2. The van der Waals surface area contributed by atoms with Gasteiger partial charge < -0.3 is 4.90 Å². The molecule has 0 spiro atoms. The SMILES string of the molecule is CC(C)[C@H]1C(=O)N(S(C)(=O)=O)[C@H]2CCN(C(=O)c3cccc(CN4CCCCC4)c3)[C@H]12.